The van der Waals surface area contributed by atoms with Crippen molar-refractivity contribution in [2.24, 2.45) is 17.3 Å². The first kappa shape index (κ1) is 14.0. The number of carboxylic acids is 1. The van der Waals surface area contributed by atoms with Gasteiger partial charge in [0.25, 0.3) is 0 Å². The highest BCUT2D eigenvalue weighted by Crippen LogP contribution is 2.41. The lowest BCUT2D eigenvalue weighted by Gasteiger charge is -2.37. The molecule has 0 atom stereocenters. The predicted molar refractivity (Wildman–Crippen MR) is 65.5 cm³/mol. The van der Waals surface area contributed by atoms with Crippen LogP contribution in [0.5, 0.6) is 0 Å². The van der Waals surface area contributed by atoms with Gasteiger partial charge in [-0.15, -0.1) is 0 Å². The molecule has 0 spiro atoms. The van der Waals surface area contributed by atoms with E-state index in [1.165, 1.54) is 0 Å². The molecule has 2 N–H and O–H groups in total. The molecule has 0 aromatic carbocycles. The van der Waals surface area contributed by atoms with Crippen molar-refractivity contribution in [1.82, 2.24) is 5.32 Å². The first-order valence-corrected chi connectivity index (χ1v) is 6.35. The standard InChI is InChI=1S/C13H23NO3/c1-9(2)10-4-6-13(3,7-5-10)12(17)14-8-11(15)16/h9-10H,4-8H2,1-3H3,(H,14,17)(H,15,16). The summed E-state index contributed by atoms with van der Waals surface area (Å²) in [4.78, 5) is 22.3. The van der Waals surface area contributed by atoms with E-state index >= 15 is 0 Å². The Hall–Kier alpha value is -1.06. The Morgan fingerprint density at radius 3 is 2.29 bits per heavy atom. The van der Waals surface area contributed by atoms with Crippen molar-refractivity contribution in [3.8, 4) is 0 Å². The van der Waals surface area contributed by atoms with Crippen LogP contribution in [0.2, 0.25) is 0 Å². The van der Waals surface area contributed by atoms with Crippen molar-refractivity contribution < 1.29 is 14.7 Å². The number of aliphatic carboxylic acids is 1. The summed E-state index contributed by atoms with van der Waals surface area (Å²) in [7, 11) is 0. The Bertz CT molecular complexity index is 291. The summed E-state index contributed by atoms with van der Waals surface area (Å²) < 4.78 is 0. The highest BCUT2D eigenvalue weighted by molar-refractivity contribution is 5.85. The van der Waals surface area contributed by atoms with Gasteiger partial charge >= 0.3 is 5.97 Å². The van der Waals surface area contributed by atoms with Gasteiger partial charge in [-0.1, -0.05) is 20.8 Å². The fraction of sp³-hybridized carbons (Fsp3) is 0.846. The molecule has 1 rings (SSSR count). The van der Waals surface area contributed by atoms with E-state index < -0.39 is 5.97 Å². The van der Waals surface area contributed by atoms with Crippen LogP contribution in [0, 0.1) is 17.3 Å². The minimum Gasteiger partial charge on any atom is -0.480 e. The molecule has 4 heteroatoms. The topological polar surface area (TPSA) is 66.4 Å². The maximum Gasteiger partial charge on any atom is 0.322 e. The summed E-state index contributed by atoms with van der Waals surface area (Å²) in [6.45, 7) is 6.11. The van der Waals surface area contributed by atoms with Crippen LogP contribution in [-0.4, -0.2) is 23.5 Å². The van der Waals surface area contributed by atoms with Crippen LogP contribution in [0.15, 0.2) is 0 Å². The van der Waals surface area contributed by atoms with E-state index in [4.69, 9.17) is 5.11 Å². The van der Waals surface area contributed by atoms with Crippen molar-refractivity contribution in [2.75, 3.05) is 6.54 Å². The molecule has 0 aliphatic heterocycles. The Labute approximate surface area is 103 Å². The molecule has 0 saturated heterocycles. The summed E-state index contributed by atoms with van der Waals surface area (Å²) in [6.07, 6.45) is 3.85. The van der Waals surface area contributed by atoms with Crippen molar-refractivity contribution in [3.05, 3.63) is 0 Å². The van der Waals surface area contributed by atoms with Gasteiger partial charge in [0.15, 0.2) is 0 Å². The lowest BCUT2D eigenvalue weighted by molar-refractivity contribution is -0.140. The number of nitrogens with one attached hydrogen (secondary N) is 1. The molecule has 0 radical (unpaired) electrons. The van der Waals surface area contributed by atoms with Crippen LogP contribution in [0.3, 0.4) is 0 Å². The van der Waals surface area contributed by atoms with Gasteiger partial charge in [-0.25, -0.2) is 0 Å². The highest BCUT2D eigenvalue weighted by atomic mass is 16.4. The summed E-state index contributed by atoms with van der Waals surface area (Å²) >= 11 is 0. The monoisotopic (exact) mass is 241 g/mol. The quantitative estimate of drug-likeness (QED) is 0.791. The van der Waals surface area contributed by atoms with Crippen LogP contribution in [0.1, 0.15) is 46.5 Å². The van der Waals surface area contributed by atoms with Crippen molar-refractivity contribution >= 4 is 11.9 Å². The van der Waals surface area contributed by atoms with Gasteiger partial charge in [-0.2, -0.15) is 0 Å². The third-order valence-electron chi connectivity index (χ3n) is 4.02. The summed E-state index contributed by atoms with van der Waals surface area (Å²) in [5, 5.41) is 11.0. The maximum absolute atomic E-state index is 11.9. The second kappa shape index (κ2) is 5.52. The number of hydrogen-bond donors (Lipinski definition) is 2. The van der Waals surface area contributed by atoms with E-state index in [1.807, 2.05) is 6.92 Å². The first-order chi connectivity index (χ1) is 7.85. The fourth-order valence-electron chi connectivity index (χ4n) is 2.54. The molecule has 1 saturated carbocycles. The van der Waals surface area contributed by atoms with Crippen LogP contribution < -0.4 is 5.32 Å². The van der Waals surface area contributed by atoms with Gasteiger partial charge in [0.1, 0.15) is 6.54 Å². The van der Waals surface area contributed by atoms with E-state index in [2.05, 4.69) is 19.2 Å². The minimum atomic E-state index is -0.988. The number of carbonyl (C=O) groups is 2. The normalized spacial score (nSPS) is 29.1. The van der Waals surface area contributed by atoms with Gasteiger partial charge in [-0.05, 0) is 37.5 Å². The molecule has 4 nitrogen and oxygen atoms in total. The zero-order valence-electron chi connectivity index (χ0n) is 11.0. The molecule has 1 aliphatic carbocycles. The third-order valence-corrected chi connectivity index (χ3v) is 4.02. The molecular formula is C13H23NO3. The second-order valence-electron chi connectivity index (χ2n) is 5.72. The lowest BCUT2D eigenvalue weighted by atomic mass is 9.68. The zero-order valence-corrected chi connectivity index (χ0v) is 11.0. The minimum absolute atomic E-state index is 0.109. The Morgan fingerprint density at radius 2 is 1.88 bits per heavy atom. The Morgan fingerprint density at radius 1 is 1.35 bits per heavy atom. The molecule has 0 aromatic heterocycles. The Balaban J connectivity index is 2.48. The average molecular weight is 241 g/mol. The van der Waals surface area contributed by atoms with Gasteiger partial charge in [0, 0.05) is 5.41 Å². The molecule has 0 bridgehead atoms. The third kappa shape index (κ3) is 3.72. The second-order valence-corrected chi connectivity index (χ2v) is 5.72. The van der Waals surface area contributed by atoms with Crippen LogP contribution in [-0.2, 0) is 9.59 Å². The molecule has 1 amide bonds. The van der Waals surface area contributed by atoms with E-state index in [0.717, 1.165) is 25.7 Å². The van der Waals surface area contributed by atoms with Crippen LogP contribution >= 0.6 is 0 Å². The Kier molecular flexibility index (Phi) is 4.54. The lowest BCUT2D eigenvalue weighted by Crippen LogP contribution is -2.43. The summed E-state index contributed by atoms with van der Waals surface area (Å²) in [5.41, 5.74) is -0.374. The molecular weight excluding hydrogens is 218 g/mol. The highest BCUT2D eigenvalue weighted by Gasteiger charge is 2.38. The van der Waals surface area contributed by atoms with Crippen molar-refractivity contribution in [1.29, 1.82) is 0 Å². The maximum atomic E-state index is 11.9. The number of carbonyl (C=O) groups excluding carboxylic acids is 1. The van der Waals surface area contributed by atoms with E-state index in [0.29, 0.717) is 11.8 Å². The average Bonchev–Trinajstić information content (AvgIpc) is 2.26. The van der Waals surface area contributed by atoms with Gasteiger partial charge in [-0.3, -0.25) is 9.59 Å². The number of rotatable bonds is 4. The molecule has 1 aliphatic rings. The largest absolute Gasteiger partial charge is 0.480 e. The van der Waals surface area contributed by atoms with Gasteiger partial charge < -0.3 is 10.4 Å². The predicted octanol–water partition coefficient (Wildman–Crippen LogP) is 2.04. The number of hydrogen-bond acceptors (Lipinski definition) is 2. The summed E-state index contributed by atoms with van der Waals surface area (Å²) in [5.74, 6) is 0.275. The van der Waals surface area contributed by atoms with E-state index in [-0.39, 0.29) is 17.9 Å². The van der Waals surface area contributed by atoms with Crippen molar-refractivity contribution in [2.45, 2.75) is 46.5 Å². The molecule has 0 unspecified atom stereocenters. The van der Waals surface area contributed by atoms with Crippen molar-refractivity contribution in [3.63, 3.8) is 0 Å². The molecule has 98 valence electrons. The zero-order chi connectivity index (χ0) is 13.1. The fourth-order valence-corrected chi connectivity index (χ4v) is 2.54. The first-order valence-electron chi connectivity index (χ1n) is 6.35. The van der Waals surface area contributed by atoms with Crippen LogP contribution in [0.25, 0.3) is 0 Å². The molecule has 1 fully saturated rings. The number of carboxylic acid groups (broad SMARTS) is 1. The molecule has 0 aromatic rings. The van der Waals surface area contributed by atoms with Crippen LogP contribution in [0.4, 0.5) is 0 Å². The van der Waals surface area contributed by atoms with Gasteiger partial charge in [0.2, 0.25) is 5.91 Å². The van der Waals surface area contributed by atoms with E-state index in [1.54, 1.807) is 0 Å². The van der Waals surface area contributed by atoms with E-state index in [9.17, 15) is 9.59 Å². The molecule has 17 heavy (non-hydrogen) atoms. The summed E-state index contributed by atoms with van der Waals surface area (Å²) in [6, 6.07) is 0. The smallest absolute Gasteiger partial charge is 0.322 e. The molecule has 0 heterocycles. The van der Waals surface area contributed by atoms with Gasteiger partial charge in [0.05, 0.1) is 0 Å². The number of amides is 1. The SMILES string of the molecule is CC(C)C1CCC(C)(C(=O)NCC(=O)O)CC1.